The van der Waals surface area contributed by atoms with Gasteiger partial charge in [0.2, 0.25) is 0 Å². The molecule has 0 amide bonds. The zero-order valence-electron chi connectivity index (χ0n) is 13.4. The van der Waals surface area contributed by atoms with Gasteiger partial charge in [-0.2, -0.15) is 0 Å². The molecule has 1 fully saturated rings. The maximum Gasteiger partial charge on any atom is 0.311 e. The number of carboxylic acid groups (broad SMARTS) is 1. The van der Waals surface area contributed by atoms with Gasteiger partial charge in [-0.05, 0) is 63.1 Å². The first-order valence-corrected chi connectivity index (χ1v) is 8.02. The van der Waals surface area contributed by atoms with Crippen molar-refractivity contribution < 1.29 is 9.90 Å². The second-order valence-electron chi connectivity index (χ2n) is 6.62. The van der Waals surface area contributed by atoms with Gasteiger partial charge in [0.15, 0.2) is 0 Å². The van der Waals surface area contributed by atoms with Gasteiger partial charge < -0.3 is 10.0 Å². The monoisotopic (exact) mass is 289 g/mol. The molecule has 1 aliphatic rings. The first kappa shape index (κ1) is 15.9. The summed E-state index contributed by atoms with van der Waals surface area (Å²) in [5, 5.41) is 9.79. The average molecular weight is 289 g/mol. The lowest BCUT2D eigenvalue weighted by Gasteiger charge is -2.40. The number of carboxylic acids is 1. The standard InChI is InChI=1S/C18H27NO2/c1-4-19(16-7-5-6-15(3)12-16)13-18(17(20)21)10-8-14(2)9-11-18/h5-7,12,14H,4,8-11,13H2,1-3H3,(H,20,21). The van der Waals surface area contributed by atoms with Crippen molar-refractivity contribution >= 4 is 11.7 Å². The van der Waals surface area contributed by atoms with Crippen LogP contribution in [0.25, 0.3) is 0 Å². The van der Waals surface area contributed by atoms with Crippen LogP contribution in [-0.4, -0.2) is 24.2 Å². The summed E-state index contributed by atoms with van der Waals surface area (Å²) in [6.07, 6.45) is 3.65. The van der Waals surface area contributed by atoms with E-state index in [1.807, 2.05) is 6.07 Å². The Morgan fingerprint density at radius 2 is 2.05 bits per heavy atom. The SMILES string of the molecule is CCN(CC1(C(=O)O)CCC(C)CC1)c1cccc(C)c1. The summed E-state index contributed by atoms with van der Waals surface area (Å²) in [6.45, 7) is 7.86. The predicted octanol–water partition coefficient (Wildman–Crippen LogP) is 4.10. The first-order chi connectivity index (χ1) is 9.97. The fourth-order valence-corrected chi connectivity index (χ4v) is 3.33. The fourth-order valence-electron chi connectivity index (χ4n) is 3.33. The third-order valence-corrected chi connectivity index (χ3v) is 4.93. The highest BCUT2D eigenvalue weighted by molar-refractivity contribution is 5.76. The molecule has 0 bridgehead atoms. The molecule has 3 nitrogen and oxygen atoms in total. The van der Waals surface area contributed by atoms with Crippen molar-refractivity contribution in [3.05, 3.63) is 29.8 Å². The van der Waals surface area contributed by atoms with Gasteiger partial charge in [-0.3, -0.25) is 4.79 Å². The van der Waals surface area contributed by atoms with Crippen LogP contribution in [0.1, 0.15) is 45.1 Å². The first-order valence-electron chi connectivity index (χ1n) is 8.02. The van der Waals surface area contributed by atoms with E-state index in [0.717, 1.165) is 37.9 Å². The van der Waals surface area contributed by atoms with E-state index in [-0.39, 0.29) is 0 Å². The molecule has 0 aromatic heterocycles. The average Bonchev–Trinajstić information content (AvgIpc) is 2.46. The van der Waals surface area contributed by atoms with Crippen molar-refractivity contribution in [3.8, 4) is 0 Å². The molecule has 1 aromatic carbocycles. The quantitative estimate of drug-likeness (QED) is 0.887. The lowest BCUT2D eigenvalue weighted by atomic mass is 9.70. The summed E-state index contributed by atoms with van der Waals surface area (Å²) < 4.78 is 0. The molecule has 2 rings (SSSR count). The molecule has 0 spiro atoms. The van der Waals surface area contributed by atoms with Crippen molar-refractivity contribution in [1.29, 1.82) is 0 Å². The molecule has 1 aromatic rings. The van der Waals surface area contributed by atoms with Gasteiger partial charge in [0, 0.05) is 18.8 Å². The van der Waals surface area contributed by atoms with E-state index in [1.165, 1.54) is 5.56 Å². The Morgan fingerprint density at radius 3 is 2.57 bits per heavy atom. The van der Waals surface area contributed by atoms with Crippen molar-refractivity contribution in [3.63, 3.8) is 0 Å². The Bertz CT molecular complexity index is 490. The van der Waals surface area contributed by atoms with Gasteiger partial charge in [-0.1, -0.05) is 19.1 Å². The van der Waals surface area contributed by atoms with Crippen LogP contribution < -0.4 is 4.90 Å². The second kappa shape index (κ2) is 6.50. The largest absolute Gasteiger partial charge is 0.481 e. The summed E-state index contributed by atoms with van der Waals surface area (Å²) in [5.41, 5.74) is 1.77. The number of anilines is 1. The number of benzene rings is 1. The molecule has 0 aliphatic heterocycles. The van der Waals surface area contributed by atoms with Gasteiger partial charge in [0.25, 0.3) is 0 Å². The number of aryl methyl sites for hydroxylation is 1. The Kier molecular flexibility index (Phi) is 4.92. The molecule has 116 valence electrons. The van der Waals surface area contributed by atoms with Crippen molar-refractivity contribution in [2.45, 2.75) is 46.5 Å². The van der Waals surface area contributed by atoms with E-state index in [2.05, 4.69) is 43.9 Å². The van der Waals surface area contributed by atoms with Crippen LogP contribution in [-0.2, 0) is 4.79 Å². The molecule has 0 saturated heterocycles. The van der Waals surface area contributed by atoms with E-state index < -0.39 is 11.4 Å². The van der Waals surface area contributed by atoms with Crippen LogP contribution in [0.4, 0.5) is 5.69 Å². The smallest absolute Gasteiger partial charge is 0.311 e. The number of hydrogen-bond donors (Lipinski definition) is 1. The maximum atomic E-state index is 11.9. The molecular weight excluding hydrogens is 262 g/mol. The van der Waals surface area contributed by atoms with Crippen molar-refractivity contribution in [2.75, 3.05) is 18.0 Å². The molecular formula is C18H27NO2. The molecule has 0 unspecified atom stereocenters. The summed E-state index contributed by atoms with van der Waals surface area (Å²) in [5.74, 6) is 0.0343. The minimum atomic E-state index is -0.625. The van der Waals surface area contributed by atoms with Gasteiger partial charge in [-0.25, -0.2) is 0 Å². The molecule has 21 heavy (non-hydrogen) atoms. The Balaban J connectivity index is 2.20. The minimum Gasteiger partial charge on any atom is -0.481 e. The molecule has 1 N–H and O–H groups in total. The summed E-state index contributed by atoms with van der Waals surface area (Å²) >= 11 is 0. The topological polar surface area (TPSA) is 40.5 Å². The Hall–Kier alpha value is -1.51. The highest BCUT2D eigenvalue weighted by atomic mass is 16.4. The van der Waals surface area contributed by atoms with Gasteiger partial charge in [0.05, 0.1) is 5.41 Å². The normalized spacial score (nSPS) is 25.6. The predicted molar refractivity (Wildman–Crippen MR) is 86.8 cm³/mol. The van der Waals surface area contributed by atoms with Crippen LogP contribution in [0.5, 0.6) is 0 Å². The van der Waals surface area contributed by atoms with Crippen LogP contribution >= 0.6 is 0 Å². The Labute approximate surface area is 128 Å². The summed E-state index contributed by atoms with van der Waals surface area (Å²) in [7, 11) is 0. The van der Waals surface area contributed by atoms with Gasteiger partial charge >= 0.3 is 5.97 Å². The molecule has 3 heteroatoms. The fraction of sp³-hybridized carbons (Fsp3) is 0.611. The maximum absolute atomic E-state index is 11.9. The molecule has 1 aliphatic carbocycles. The molecule has 1 saturated carbocycles. The summed E-state index contributed by atoms with van der Waals surface area (Å²) in [4.78, 5) is 14.1. The zero-order chi connectivity index (χ0) is 15.5. The number of carbonyl (C=O) groups is 1. The number of nitrogens with zero attached hydrogens (tertiary/aromatic N) is 1. The second-order valence-corrected chi connectivity index (χ2v) is 6.62. The highest BCUT2D eigenvalue weighted by Gasteiger charge is 2.42. The van der Waals surface area contributed by atoms with Crippen LogP contribution in [0, 0.1) is 18.3 Å². The van der Waals surface area contributed by atoms with Gasteiger partial charge in [0.1, 0.15) is 0 Å². The number of hydrogen-bond acceptors (Lipinski definition) is 2. The van der Waals surface area contributed by atoms with Crippen molar-refractivity contribution in [2.24, 2.45) is 11.3 Å². The minimum absolute atomic E-state index is 0.577. The van der Waals surface area contributed by atoms with Gasteiger partial charge in [-0.15, -0.1) is 0 Å². The zero-order valence-corrected chi connectivity index (χ0v) is 13.4. The van der Waals surface area contributed by atoms with E-state index in [4.69, 9.17) is 0 Å². The Morgan fingerprint density at radius 1 is 1.38 bits per heavy atom. The van der Waals surface area contributed by atoms with Crippen LogP contribution in [0.15, 0.2) is 24.3 Å². The number of aliphatic carboxylic acids is 1. The van der Waals surface area contributed by atoms with Crippen LogP contribution in [0.3, 0.4) is 0 Å². The van der Waals surface area contributed by atoms with Crippen LogP contribution in [0.2, 0.25) is 0 Å². The third kappa shape index (κ3) is 3.58. The summed E-state index contributed by atoms with van der Waals surface area (Å²) in [6, 6.07) is 8.35. The molecule has 0 atom stereocenters. The lowest BCUT2D eigenvalue weighted by molar-refractivity contribution is -0.150. The highest BCUT2D eigenvalue weighted by Crippen LogP contribution is 2.40. The lowest BCUT2D eigenvalue weighted by Crippen LogP contribution is -2.45. The molecule has 0 radical (unpaired) electrons. The van der Waals surface area contributed by atoms with E-state index in [9.17, 15) is 9.90 Å². The van der Waals surface area contributed by atoms with E-state index >= 15 is 0 Å². The third-order valence-electron chi connectivity index (χ3n) is 4.93. The number of rotatable bonds is 5. The van der Waals surface area contributed by atoms with Crippen molar-refractivity contribution in [1.82, 2.24) is 0 Å². The van der Waals surface area contributed by atoms with E-state index in [1.54, 1.807) is 0 Å². The molecule has 0 heterocycles. The van der Waals surface area contributed by atoms with E-state index in [0.29, 0.717) is 12.5 Å².